The molecule has 0 aliphatic carbocycles. The summed E-state index contributed by atoms with van der Waals surface area (Å²) in [6, 6.07) is 0. The maximum Gasteiger partial charge on any atom is 0.163 e. The quantitative estimate of drug-likeness (QED) is 0.293. The fourth-order valence-electron chi connectivity index (χ4n) is 0. The third-order valence-corrected chi connectivity index (χ3v) is 0.139. The number of rotatable bonds is 1. The van der Waals surface area contributed by atoms with E-state index in [1.165, 1.54) is 0 Å². The zero-order chi connectivity index (χ0) is 4.28. The summed E-state index contributed by atoms with van der Waals surface area (Å²) in [5, 5.41) is 7.77. The van der Waals surface area contributed by atoms with Gasteiger partial charge in [-0.3, -0.25) is 4.79 Å². The Morgan fingerprint density at radius 3 is 2.20 bits per heavy atom. The Hall–Kier alpha value is -0.410. The van der Waals surface area contributed by atoms with Gasteiger partial charge in [-0.05, 0) is 0 Å². The lowest BCUT2D eigenvalue weighted by molar-refractivity contribution is -0.114. The molecule has 0 aliphatic rings. The highest BCUT2D eigenvalue weighted by atomic mass is 16.3. The molecule has 1 atom stereocenters. The molecule has 30 valence electrons. The minimum atomic E-state index is -1.30. The van der Waals surface area contributed by atoms with Gasteiger partial charge in [-0.1, -0.05) is 0 Å². The lowest BCUT2D eigenvalue weighted by Crippen LogP contribution is -2.19. The smallest absolute Gasteiger partial charge is 0.163 e. The maximum atomic E-state index is 9.13. The summed E-state index contributed by atoms with van der Waals surface area (Å²) < 4.78 is 0. The summed E-state index contributed by atoms with van der Waals surface area (Å²) in [5.41, 5.74) is 4.48. The lowest BCUT2D eigenvalue weighted by Gasteiger charge is -1.81. The Morgan fingerprint density at radius 1 is 2.00 bits per heavy atom. The number of aldehydes is 1. The van der Waals surface area contributed by atoms with Gasteiger partial charge >= 0.3 is 0 Å². The van der Waals surface area contributed by atoms with Crippen molar-refractivity contribution in [2.75, 3.05) is 0 Å². The Bertz CT molecular complexity index is 34.6. The molecule has 0 aliphatic heterocycles. The number of carbonyl (C=O) groups is 1. The fraction of sp³-hybridized carbons (Fsp3) is 0.500. The van der Waals surface area contributed by atoms with Crippen LogP contribution < -0.4 is 5.73 Å². The SMILES string of the molecule is NC(O)C=O. The molecule has 3 N–H and O–H groups in total. The normalized spacial score (nSPS) is 14.0. The van der Waals surface area contributed by atoms with Crippen molar-refractivity contribution in [3.63, 3.8) is 0 Å². The van der Waals surface area contributed by atoms with Crippen molar-refractivity contribution >= 4 is 6.29 Å². The van der Waals surface area contributed by atoms with E-state index in [0.29, 0.717) is 0 Å². The van der Waals surface area contributed by atoms with E-state index in [4.69, 9.17) is 9.90 Å². The molecule has 0 amide bonds. The second-order valence-electron chi connectivity index (χ2n) is 0.627. The maximum absolute atomic E-state index is 9.13. The summed E-state index contributed by atoms with van der Waals surface area (Å²) in [6.45, 7) is 0. The first kappa shape index (κ1) is 4.59. The molecule has 1 unspecified atom stereocenters. The van der Waals surface area contributed by atoms with Gasteiger partial charge in [0.2, 0.25) is 0 Å². The summed E-state index contributed by atoms with van der Waals surface area (Å²) in [4.78, 5) is 9.13. The number of hydrogen-bond acceptors (Lipinski definition) is 3. The van der Waals surface area contributed by atoms with Gasteiger partial charge < -0.3 is 10.8 Å². The predicted octanol–water partition coefficient (Wildman–Crippen LogP) is -1.54. The molecule has 0 radical (unpaired) electrons. The van der Waals surface area contributed by atoms with Crippen LogP contribution in [0.4, 0.5) is 0 Å². The minimum Gasteiger partial charge on any atom is -0.372 e. The summed E-state index contributed by atoms with van der Waals surface area (Å²) in [6.07, 6.45) is -1.05. The number of hydrogen-bond donors (Lipinski definition) is 2. The van der Waals surface area contributed by atoms with Crippen LogP contribution in [0.25, 0.3) is 0 Å². The number of aliphatic hydroxyl groups excluding tert-OH is 1. The van der Waals surface area contributed by atoms with E-state index in [9.17, 15) is 0 Å². The average Bonchev–Trinajstić information content (AvgIpc) is 1.38. The molecule has 0 aromatic heterocycles. The van der Waals surface area contributed by atoms with Crippen LogP contribution in [-0.4, -0.2) is 17.6 Å². The summed E-state index contributed by atoms with van der Waals surface area (Å²) >= 11 is 0. The Balaban J connectivity index is 2.83. The van der Waals surface area contributed by atoms with Crippen LogP contribution in [0, 0.1) is 0 Å². The van der Waals surface area contributed by atoms with Crippen molar-refractivity contribution < 1.29 is 9.90 Å². The number of carbonyl (C=O) groups excluding carboxylic acids is 1. The van der Waals surface area contributed by atoms with Crippen molar-refractivity contribution in [2.24, 2.45) is 5.73 Å². The average molecular weight is 75.1 g/mol. The van der Waals surface area contributed by atoms with E-state index < -0.39 is 6.23 Å². The fourth-order valence-corrected chi connectivity index (χ4v) is 0. The van der Waals surface area contributed by atoms with E-state index in [1.807, 2.05) is 0 Å². The Labute approximate surface area is 29.4 Å². The lowest BCUT2D eigenvalue weighted by atomic mass is 10.7. The van der Waals surface area contributed by atoms with Crippen molar-refractivity contribution in [3.8, 4) is 0 Å². The second-order valence-corrected chi connectivity index (χ2v) is 0.627. The highest BCUT2D eigenvalue weighted by Crippen LogP contribution is 1.47. The molecule has 0 saturated heterocycles. The largest absolute Gasteiger partial charge is 0.372 e. The first-order chi connectivity index (χ1) is 2.27. The van der Waals surface area contributed by atoms with Gasteiger partial charge in [-0.15, -0.1) is 0 Å². The van der Waals surface area contributed by atoms with E-state index in [2.05, 4.69) is 5.73 Å². The molecule has 0 bridgehead atoms. The highest BCUT2D eigenvalue weighted by Gasteiger charge is 1.81. The number of nitrogens with two attached hydrogens (primary N) is 1. The van der Waals surface area contributed by atoms with Gasteiger partial charge in [0.25, 0.3) is 0 Å². The first-order valence-electron chi connectivity index (χ1n) is 1.16. The Kier molecular flexibility index (Phi) is 1.72. The van der Waals surface area contributed by atoms with Crippen LogP contribution in [0.2, 0.25) is 0 Å². The zero-order valence-corrected chi connectivity index (χ0v) is 2.59. The van der Waals surface area contributed by atoms with Crippen LogP contribution >= 0.6 is 0 Å². The van der Waals surface area contributed by atoms with Crippen LogP contribution in [0.15, 0.2) is 0 Å². The van der Waals surface area contributed by atoms with E-state index in [-0.39, 0.29) is 6.29 Å². The summed E-state index contributed by atoms with van der Waals surface area (Å²) in [7, 11) is 0. The molecular weight excluding hydrogens is 70.0 g/mol. The van der Waals surface area contributed by atoms with Crippen molar-refractivity contribution in [2.45, 2.75) is 6.23 Å². The molecule has 0 heterocycles. The molecule has 0 aromatic rings. The van der Waals surface area contributed by atoms with Crippen LogP contribution in [0.1, 0.15) is 0 Å². The third-order valence-electron chi connectivity index (χ3n) is 0.139. The number of aliphatic hydroxyl groups is 1. The van der Waals surface area contributed by atoms with Crippen LogP contribution in [-0.2, 0) is 4.79 Å². The molecule has 5 heavy (non-hydrogen) atoms. The highest BCUT2D eigenvalue weighted by molar-refractivity contribution is 5.54. The standard InChI is InChI=1S/C2H5NO2/c3-2(5)1-4/h1-2,5H,3H2. The topological polar surface area (TPSA) is 63.3 Å². The van der Waals surface area contributed by atoms with Crippen LogP contribution in [0.3, 0.4) is 0 Å². The van der Waals surface area contributed by atoms with Gasteiger partial charge in [0.15, 0.2) is 12.5 Å². The molecule has 3 heteroatoms. The van der Waals surface area contributed by atoms with E-state index in [0.717, 1.165) is 0 Å². The zero-order valence-electron chi connectivity index (χ0n) is 2.59. The van der Waals surface area contributed by atoms with Gasteiger partial charge in [0, 0.05) is 0 Å². The first-order valence-corrected chi connectivity index (χ1v) is 1.16. The van der Waals surface area contributed by atoms with Gasteiger partial charge in [0.05, 0.1) is 0 Å². The van der Waals surface area contributed by atoms with Crippen molar-refractivity contribution in [1.82, 2.24) is 0 Å². The van der Waals surface area contributed by atoms with Gasteiger partial charge in [0.1, 0.15) is 0 Å². The van der Waals surface area contributed by atoms with E-state index in [1.54, 1.807) is 0 Å². The molecule has 0 rings (SSSR count). The second kappa shape index (κ2) is 1.87. The molecular formula is C2H5NO2. The van der Waals surface area contributed by atoms with Crippen molar-refractivity contribution in [1.29, 1.82) is 0 Å². The van der Waals surface area contributed by atoms with Gasteiger partial charge in [-0.25, -0.2) is 0 Å². The minimum absolute atomic E-state index is 0.250. The molecule has 0 fully saturated rings. The molecule has 0 aromatic carbocycles. The molecule has 0 spiro atoms. The molecule has 3 nitrogen and oxygen atoms in total. The molecule has 0 saturated carbocycles. The van der Waals surface area contributed by atoms with Crippen molar-refractivity contribution in [3.05, 3.63) is 0 Å². The van der Waals surface area contributed by atoms with Gasteiger partial charge in [-0.2, -0.15) is 0 Å². The predicted molar refractivity (Wildman–Crippen MR) is 16.3 cm³/mol. The monoisotopic (exact) mass is 75.0 g/mol. The summed E-state index contributed by atoms with van der Waals surface area (Å²) in [5.74, 6) is 0. The Morgan fingerprint density at radius 2 is 2.20 bits per heavy atom. The van der Waals surface area contributed by atoms with Crippen LogP contribution in [0.5, 0.6) is 0 Å². The third kappa shape index (κ3) is 3.59. The van der Waals surface area contributed by atoms with E-state index >= 15 is 0 Å².